The Kier molecular flexibility index (Phi) is 8.89. The number of hydrogen-bond donors (Lipinski definition) is 2. The number of guanidine groups is 1. The second kappa shape index (κ2) is 11.6. The first-order chi connectivity index (χ1) is 14.2. The zero-order chi connectivity index (χ0) is 20.5. The summed E-state index contributed by atoms with van der Waals surface area (Å²) in [6.07, 6.45) is 7.51. The fourth-order valence-electron chi connectivity index (χ4n) is 3.54. The van der Waals surface area contributed by atoms with Crippen molar-refractivity contribution in [2.24, 2.45) is 10.9 Å². The highest BCUT2D eigenvalue weighted by atomic mass is 32.1. The van der Waals surface area contributed by atoms with E-state index < -0.39 is 0 Å². The van der Waals surface area contributed by atoms with Crippen LogP contribution in [0.25, 0.3) is 0 Å². The van der Waals surface area contributed by atoms with Crippen molar-refractivity contribution in [2.45, 2.75) is 52.5 Å². The van der Waals surface area contributed by atoms with Crippen LogP contribution in [0, 0.1) is 5.92 Å². The zero-order valence-electron chi connectivity index (χ0n) is 17.9. The van der Waals surface area contributed by atoms with E-state index in [1.165, 1.54) is 33.4 Å². The summed E-state index contributed by atoms with van der Waals surface area (Å²) in [5, 5.41) is 11.6. The summed E-state index contributed by atoms with van der Waals surface area (Å²) in [4.78, 5) is 17.4. The van der Waals surface area contributed by atoms with Crippen LogP contribution in [0.15, 0.2) is 16.6 Å². The minimum Gasteiger partial charge on any atom is -0.356 e. The summed E-state index contributed by atoms with van der Waals surface area (Å²) in [6.45, 7) is 9.50. The summed E-state index contributed by atoms with van der Waals surface area (Å²) < 4.78 is 0. The van der Waals surface area contributed by atoms with Gasteiger partial charge in [-0.2, -0.15) is 0 Å². The van der Waals surface area contributed by atoms with Gasteiger partial charge in [-0.1, -0.05) is 13.8 Å². The van der Waals surface area contributed by atoms with E-state index in [1.807, 2.05) is 24.6 Å². The minimum atomic E-state index is 0.706. The molecule has 3 rings (SSSR count). The molecule has 0 aromatic carbocycles. The van der Waals surface area contributed by atoms with Crippen LogP contribution in [0.4, 0.5) is 0 Å². The van der Waals surface area contributed by atoms with Crippen molar-refractivity contribution in [2.75, 3.05) is 33.2 Å². The van der Waals surface area contributed by atoms with E-state index in [9.17, 15) is 0 Å². The Labute approximate surface area is 182 Å². The topological polar surface area (TPSA) is 65.4 Å². The van der Waals surface area contributed by atoms with Crippen molar-refractivity contribution in [1.82, 2.24) is 25.5 Å². The average molecular weight is 435 g/mol. The molecule has 6 nitrogen and oxygen atoms in total. The predicted molar refractivity (Wildman–Crippen MR) is 124 cm³/mol. The van der Waals surface area contributed by atoms with Crippen LogP contribution in [0.2, 0.25) is 0 Å². The maximum Gasteiger partial charge on any atom is 0.190 e. The molecular formula is C21H34N6S2. The molecule has 0 radical (unpaired) electrons. The first-order valence-electron chi connectivity index (χ1n) is 10.7. The third-order valence-corrected chi connectivity index (χ3v) is 7.60. The lowest BCUT2D eigenvalue weighted by atomic mass is 9.97. The SMILES string of the molecule is CCc1cnc(CCNC(=NC)NCC2CCN(Cc3csc(CC)n3)CC2)s1. The van der Waals surface area contributed by atoms with Gasteiger partial charge in [0, 0.05) is 49.6 Å². The Balaban J connectivity index is 1.32. The van der Waals surface area contributed by atoms with E-state index in [1.54, 1.807) is 11.3 Å². The van der Waals surface area contributed by atoms with Crippen molar-refractivity contribution in [3.05, 3.63) is 32.2 Å². The number of nitrogens with zero attached hydrogens (tertiary/aromatic N) is 4. The van der Waals surface area contributed by atoms with Gasteiger partial charge in [0.15, 0.2) is 5.96 Å². The number of hydrogen-bond acceptors (Lipinski definition) is 6. The molecule has 2 aromatic rings. The van der Waals surface area contributed by atoms with Crippen molar-refractivity contribution < 1.29 is 0 Å². The number of aromatic nitrogens is 2. The van der Waals surface area contributed by atoms with Gasteiger partial charge in [0.25, 0.3) is 0 Å². The zero-order valence-corrected chi connectivity index (χ0v) is 19.5. The van der Waals surface area contributed by atoms with Gasteiger partial charge in [-0.15, -0.1) is 22.7 Å². The fourth-order valence-corrected chi connectivity index (χ4v) is 5.14. The highest BCUT2D eigenvalue weighted by Gasteiger charge is 2.20. The molecule has 8 heteroatoms. The van der Waals surface area contributed by atoms with Gasteiger partial charge < -0.3 is 10.6 Å². The van der Waals surface area contributed by atoms with Crippen LogP contribution < -0.4 is 10.6 Å². The van der Waals surface area contributed by atoms with Crippen LogP contribution in [0.1, 0.15) is 47.3 Å². The fraction of sp³-hybridized carbons (Fsp3) is 0.667. The summed E-state index contributed by atoms with van der Waals surface area (Å²) in [5.41, 5.74) is 1.24. The molecule has 1 saturated heterocycles. The summed E-state index contributed by atoms with van der Waals surface area (Å²) in [6, 6.07) is 0. The molecule has 0 bridgehead atoms. The highest BCUT2D eigenvalue weighted by molar-refractivity contribution is 7.11. The molecule has 2 N–H and O–H groups in total. The van der Waals surface area contributed by atoms with Gasteiger partial charge >= 0.3 is 0 Å². The normalized spacial score (nSPS) is 16.3. The second-order valence-electron chi connectivity index (χ2n) is 7.51. The number of aliphatic imine (C=N–C) groups is 1. The smallest absolute Gasteiger partial charge is 0.190 e. The molecule has 3 heterocycles. The van der Waals surface area contributed by atoms with Crippen LogP contribution in [-0.2, 0) is 25.8 Å². The van der Waals surface area contributed by atoms with Gasteiger partial charge in [-0.3, -0.25) is 9.89 Å². The molecule has 0 unspecified atom stereocenters. The van der Waals surface area contributed by atoms with Crippen LogP contribution in [0.5, 0.6) is 0 Å². The summed E-state index contributed by atoms with van der Waals surface area (Å²) in [5.74, 6) is 1.60. The number of aryl methyl sites for hydroxylation is 2. The van der Waals surface area contributed by atoms with Gasteiger partial charge in [-0.25, -0.2) is 9.97 Å². The predicted octanol–water partition coefficient (Wildman–Crippen LogP) is 3.34. The maximum absolute atomic E-state index is 4.71. The number of thiazole rings is 2. The molecule has 1 aliphatic heterocycles. The number of rotatable bonds is 9. The van der Waals surface area contributed by atoms with Gasteiger partial charge in [0.1, 0.15) is 0 Å². The lowest BCUT2D eigenvalue weighted by molar-refractivity contribution is 0.176. The molecule has 29 heavy (non-hydrogen) atoms. The monoisotopic (exact) mass is 434 g/mol. The highest BCUT2D eigenvalue weighted by Crippen LogP contribution is 2.19. The third-order valence-electron chi connectivity index (χ3n) is 5.36. The van der Waals surface area contributed by atoms with Crippen molar-refractivity contribution in [3.8, 4) is 0 Å². The Bertz CT molecular complexity index is 761. The lowest BCUT2D eigenvalue weighted by Gasteiger charge is -2.31. The van der Waals surface area contributed by atoms with E-state index in [2.05, 4.69) is 44.7 Å². The van der Waals surface area contributed by atoms with E-state index in [0.717, 1.165) is 57.9 Å². The first kappa shape index (κ1) is 22.2. The molecule has 0 spiro atoms. The second-order valence-corrected chi connectivity index (χ2v) is 9.65. The maximum atomic E-state index is 4.71. The van der Waals surface area contributed by atoms with Crippen molar-refractivity contribution in [3.63, 3.8) is 0 Å². The van der Waals surface area contributed by atoms with Gasteiger partial charge in [0.05, 0.1) is 15.7 Å². The average Bonchev–Trinajstić information content (AvgIpc) is 3.40. The molecular weight excluding hydrogens is 400 g/mol. The van der Waals surface area contributed by atoms with Gasteiger partial charge in [0.2, 0.25) is 0 Å². The first-order valence-corrected chi connectivity index (χ1v) is 12.4. The molecule has 160 valence electrons. The van der Waals surface area contributed by atoms with E-state index in [-0.39, 0.29) is 0 Å². The number of likely N-dealkylation sites (tertiary alicyclic amines) is 1. The Hall–Kier alpha value is -1.51. The summed E-state index contributed by atoms with van der Waals surface area (Å²) >= 11 is 3.60. The van der Waals surface area contributed by atoms with E-state index in [4.69, 9.17) is 4.98 Å². The lowest BCUT2D eigenvalue weighted by Crippen LogP contribution is -2.43. The molecule has 0 aliphatic carbocycles. The minimum absolute atomic E-state index is 0.706. The third kappa shape index (κ3) is 7.04. The summed E-state index contributed by atoms with van der Waals surface area (Å²) in [7, 11) is 1.84. The number of piperidine rings is 1. The van der Waals surface area contributed by atoms with Crippen molar-refractivity contribution in [1.29, 1.82) is 0 Å². The largest absolute Gasteiger partial charge is 0.356 e. The molecule has 0 atom stereocenters. The van der Waals surface area contributed by atoms with E-state index >= 15 is 0 Å². The Morgan fingerprint density at radius 3 is 2.69 bits per heavy atom. The number of nitrogens with one attached hydrogen (secondary N) is 2. The van der Waals surface area contributed by atoms with E-state index in [0.29, 0.717) is 5.92 Å². The van der Waals surface area contributed by atoms with Gasteiger partial charge in [-0.05, 0) is 44.7 Å². The van der Waals surface area contributed by atoms with Crippen LogP contribution >= 0.6 is 22.7 Å². The standard InChI is InChI=1S/C21H34N6S2/c1-4-18-13-24-20(29-18)6-9-23-21(22-3)25-12-16-7-10-27(11-8-16)14-17-15-28-19(5-2)26-17/h13,15-16H,4-12,14H2,1-3H3,(H2,22,23,25). The quantitative estimate of drug-likeness (QED) is 0.468. The Morgan fingerprint density at radius 2 is 2.03 bits per heavy atom. The molecule has 1 fully saturated rings. The molecule has 2 aromatic heterocycles. The molecule has 1 aliphatic rings. The Morgan fingerprint density at radius 1 is 1.21 bits per heavy atom. The van der Waals surface area contributed by atoms with Crippen LogP contribution in [0.3, 0.4) is 0 Å². The molecule has 0 amide bonds. The van der Waals surface area contributed by atoms with Crippen LogP contribution in [-0.4, -0.2) is 54.1 Å². The van der Waals surface area contributed by atoms with Crippen molar-refractivity contribution >= 4 is 28.6 Å². The molecule has 0 saturated carbocycles.